The highest BCUT2D eigenvalue weighted by Gasteiger charge is 2.35. The molecular weight excluding hydrogens is 212 g/mol. The Kier molecular flexibility index (Phi) is 4.83. The fourth-order valence-corrected chi connectivity index (χ4v) is 3.12. The van der Waals surface area contributed by atoms with Crippen LogP contribution in [0.2, 0.25) is 0 Å². The molecular formula is C14H28N2O. The normalized spacial score (nSPS) is 34.9. The van der Waals surface area contributed by atoms with Crippen LogP contribution in [0.4, 0.5) is 0 Å². The van der Waals surface area contributed by atoms with E-state index in [-0.39, 0.29) is 0 Å². The van der Waals surface area contributed by atoms with Crippen molar-refractivity contribution in [2.24, 2.45) is 5.92 Å². The number of ether oxygens (including phenoxy) is 1. The predicted octanol–water partition coefficient (Wildman–Crippen LogP) is 1.87. The van der Waals surface area contributed by atoms with Crippen LogP contribution in [-0.4, -0.2) is 49.3 Å². The molecule has 0 aromatic heterocycles. The summed E-state index contributed by atoms with van der Waals surface area (Å²) in [6, 6.07) is 1.50. The van der Waals surface area contributed by atoms with E-state index in [2.05, 4.69) is 31.0 Å². The van der Waals surface area contributed by atoms with Crippen LogP contribution < -0.4 is 5.32 Å². The zero-order valence-electron chi connectivity index (χ0n) is 11.6. The Morgan fingerprint density at radius 2 is 2.12 bits per heavy atom. The fourth-order valence-electron chi connectivity index (χ4n) is 3.12. The van der Waals surface area contributed by atoms with Crippen molar-refractivity contribution >= 4 is 0 Å². The molecule has 0 aromatic rings. The first-order valence-electron chi connectivity index (χ1n) is 7.28. The first-order chi connectivity index (χ1) is 8.19. The van der Waals surface area contributed by atoms with E-state index in [4.69, 9.17) is 4.74 Å². The van der Waals surface area contributed by atoms with Gasteiger partial charge in [-0.2, -0.15) is 0 Å². The molecule has 2 fully saturated rings. The van der Waals surface area contributed by atoms with Crippen LogP contribution in [-0.2, 0) is 4.74 Å². The minimum Gasteiger partial charge on any atom is -0.378 e. The second kappa shape index (κ2) is 6.17. The lowest BCUT2D eigenvalue weighted by atomic mass is 9.86. The number of nitrogens with one attached hydrogen (secondary N) is 1. The summed E-state index contributed by atoms with van der Waals surface area (Å²) >= 11 is 0. The van der Waals surface area contributed by atoms with Crippen molar-refractivity contribution in [2.45, 2.75) is 58.2 Å². The Balaban J connectivity index is 1.71. The third-order valence-corrected chi connectivity index (χ3v) is 4.03. The number of hydrogen-bond donors (Lipinski definition) is 1. The molecule has 3 nitrogen and oxygen atoms in total. The molecule has 1 heterocycles. The Morgan fingerprint density at radius 1 is 1.35 bits per heavy atom. The van der Waals surface area contributed by atoms with Crippen LogP contribution >= 0.6 is 0 Å². The van der Waals surface area contributed by atoms with E-state index >= 15 is 0 Å². The SMILES string of the molecule is CCOC1CC(N2CCNC(CC(C)C)C2)C1. The summed E-state index contributed by atoms with van der Waals surface area (Å²) in [5.41, 5.74) is 0. The maximum Gasteiger partial charge on any atom is 0.0604 e. The Hall–Kier alpha value is -0.120. The Morgan fingerprint density at radius 3 is 2.76 bits per heavy atom. The molecule has 0 spiro atoms. The highest BCUT2D eigenvalue weighted by molar-refractivity contribution is 4.92. The monoisotopic (exact) mass is 240 g/mol. The molecule has 100 valence electrons. The van der Waals surface area contributed by atoms with Gasteiger partial charge >= 0.3 is 0 Å². The molecule has 0 amide bonds. The van der Waals surface area contributed by atoms with Crippen LogP contribution in [0.1, 0.15) is 40.0 Å². The molecule has 0 bridgehead atoms. The Labute approximate surface area is 106 Å². The van der Waals surface area contributed by atoms with Gasteiger partial charge in [0.05, 0.1) is 6.10 Å². The second-order valence-corrected chi connectivity index (χ2v) is 5.98. The summed E-state index contributed by atoms with van der Waals surface area (Å²) in [6.45, 7) is 11.2. The molecule has 2 rings (SSSR count). The smallest absolute Gasteiger partial charge is 0.0604 e. The Bertz CT molecular complexity index is 226. The van der Waals surface area contributed by atoms with Crippen molar-refractivity contribution in [2.75, 3.05) is 26.2 Å². The molecule has 1 saturated heterocycles. The largest absolute Gasteiger partial charge is 0.378 e. The van der Waals surface area contributed by atoms with Crippen LogP contribution in [0.25, 0.3) is 0 Å². The van der Waals surface area contributed by atoms with Crippen LogP contribution in [0.3, 0.4) is 0 Å². The van der Waals surface area contributed by atoms with Crippen LogP contribution in [0.15, 0.2) is 0 Å². The van der Waals surface area contributed by atoms with Crippen molar-refractivity contribution < 1.29 is 4.74 Å². The first-order valence-corrected chi connectivity index (χ1v) is 7.28. The number of piperazine rings is 1. The van der Waals surface area contributed by atoms with E-state index in [1.165, 1.54) is 32.4 Å². The highest BCUT2D eigenvalue weighted by Crippen LogP contribution is 2.29. The minimum absolute atomic E-state index is 0.545. The van der Waals surface area contributed by atoms with E-state index < -0.39 is 0 Å². The molecule has 1 unspecified atom stereocenters. The first kappa shape index (κ1) is 13.3. The van der Waals surface area contributed by atoms with Crippen molar-refractivity contribution in [3.05, 3.63) is 0 Å². The molecule has 2 aliphatic rings. The molecule has 1 atom stereocenters. The van der Waals surface area contributed by atoms with Crippen molar-refractivity contribution in [3.63, 3.8) is 0 Å². The summed E-state index contributed by atoms with van der Waals surface area (Å²) in [5, 5.41) is 3.65. The second-order valence-electron chi connectivity index (χ2n) is 5.98. The molecule has 1 N–H and O–H groups in total. The van der Waals surface area contributed by atoms with Gasteiger partial charge in [-0.05, 0) is 32.1 Å². The lowest BCUT2D eigenvalue weighted by Crippen LogP contribution is -2.58. The standard InChI is InChI=1S/C14H28N2O/c1-4-17-14-8-13(9-14)16-6-5-15-12(10-16)7-11(2)3/h11-15H,4-10H2,1-3H3. The van der Waals surface area contributed by atoms with E-state index in [0.717, 1.165) is 25.1 Å². The summed E-state index contributed by atoms with van der Waals surface area (Å²) in [5.74, 6) is 0.796. The lowest BCUT2D eigenvalue weighted by Gasteiger charge is -2.46. The summed E-state index contributed by atoms with van der Waals surface area (Å²) in [4.78, 5) is 2.68. The molecule has 1 aliphatic carbocycles. The van der Waals surface area contributed by atoms with Gasteiger partial charge in [-0.25, -0.2) is 0 Å². The average Bonchev–Trinajstić information content (AvgIpc) is 2.22. The lowest BCUT2D eigenvalue weighted by molar-refractivity contribution is -0.0528. The van der Waals surface area contributed by atoms with Gasteiger partial charge in [0, 0.05) is 38.3 Å². The van der Waals surface area contributed by atoms with Gasteiger partial charge in [-0.1, -0.05) is 13.8 Å². The van der Waals surface area contributed by atoms with E-state index in [9.17, 15) is 0 Å². The van der Waals surface area contributed by atoms with E-state index in [1.807, 2.05) is 0 Å². The van der Waals surface area contributed by atoms with Gasteiger partial charge in [0.15, 0.2) is 0 Å². The number of nitrogens with zero attached hydrogens (tertiary/aromatic N) is 1. The number of rotatable bonds is 5. The van der Waals surface area contributed by atoms with Crippen LogP contribution in [0, 0.1) is 5.92 Å². The number of hydrogen-bond acceptors (Lipinski definition) is 3. The minimum atomic E-state index is 0.545. The maximum atomic E-state index is 5.65. The van der Waals surface area contributed by atoms with Gasteiger partial charge < -0.3 is 10.1 Å². The maximum absolute atomic E-state index is 5.65. The quantitative estimate of drug-likeness (QED) is 0.794. The summed E-state index contributed by atoms with van der Waals surface area (Å²) in [7, 11) is 0. The highest BCUT2D eigenvalue weighted by atomic mass is 16.5. The molecule has 3 heteroatoms. The fraction of sp³-hybridized carbons (Fsp3) is 1.00. The zero-order chi connectivity index (χ0) is 12.3. The van der Waals surface area contributed by atoms with Crippen molar-refractivity contribution in [1.29, 1.82) is 0 Å². The van der Waals surface area contributed by atoms with Gasteiger partial charge in [-0.3, -0.25) is 4.90 Å². The zero-order valence-corrected chi connectivity index (χ0v) is 11.6. The van der Waals surface area contributed by atoms with Crippen LogP contribution in [0.5, 0.6) is 0 Å². The van der Waals surface area contributed by atoms with Gasteiger partial charge in [-0.15, -0.1) is 0 Å². The van der Waals surface area contributed by atoms with Gasteiger partial charge in [0.25, 0.3) is 0 Å². The third-order valence-electron chi connectivity index (χ3n) is 4.03. The summed E-state index contributed by atoms with van der Waals surface area (Å²) in [6.07, 6.45) is 4.35. The molecule has 0 radical (unpaired) electrons. The van der Waals surface area contributed by atoms with Crippen molar-refractivity contribution in [3.8, 4) is 0 Å². The molecule has 1 saturated carbocycles. The molecule has 1 aliphatic heterocycles. The van der Waals surface area contributed by atoms with Gasteiger partial charge in [0.1, 0.15) is 0 Å². The van der Waals surface area contributed by atoms with Crippen molar-refractivity contribution in [1.82, 2.24) is 10.2 Å². The topological polar surface area (TPSA) is 24.5 Å². The predicted molar refractivity (Wildman–Crippen MR) is 71.3 cm³/mol. The molecule has 0 aromatic carbocycles. The van der Waals surface area contributed by atoms with E-state index in [1.54, 1.807) is 0 Å². The van der Waals surface area contributed by atoms with Gasteiger partial charge in [0.2, 0.25) is 0 Å². The van der Waals surface area contributed by atoms with E-state index in [0.29, 0.717) is 12.1 Å². The summed E-state index contributed by atoms with van der Waals surface area (Å²) < 4.78 is 5.65. The average molecular weight is 240 g/mol. The third kappa shape index (κ3) is 3.67. The molecule has 17 heavy (non-hydrogen) atoms.